The minimum Gasteiger partial charge on any atom is -0.490 e. The number of hydrogen-bond acceptors (Lipinski definition) is 11. The lowest BCUT2D eigenvalue weighted by Gasteiger charge is -2.13. The number of primary sulfonamides is 1. The number of aryl methyl sites for hydroxylation is 1. The first-order valence-electron chi connectivity index (χ1n) is 13.9. The number of aromatic nitrogens is 5. The number of pyridine rings is 1. The number of imidazole rings is 1. The van der Waals surface area contributed by atoms with Crippen molar-refractivity contribution in [2.45, 2.75) is 31.0 Å². The van der Waals surface area contributed by atoms with Crippen molar-refractivity contribution in [3.63, 3.8) is 0 Å². The maximum absolute atomic E-state index is 11.4. The van der Waals surface area contributed by atoms with Gasteiger partial charge in [0.2, 0.25) is 10.0 Å². The number of nitrogen functional groups attached to an aromatic ring is 1. The van der Waals surface area contributed by atoms with Crippen LogP contribution in [0.15, 0.2) is 70.3 Å². The lowest BCUT2D eigenvalue weighted by molar-refractivity contribution is -0.192. The van der Waals surface area contributed by atoms with Gasteiger partial charge in [-0.1, -0.05) is 30.3 Å². The molecule has 0 radical (unpaired) electrons. The molecule has 0 aliphatic heterocycles. The number of carboxylic acid groups (broad SMARTS) is 1. The van der Waals surface area contributed by atoms with Crippen molar-refractivity contribution in [1.82, 2.24) is 30.2 Å². The molecule has 0 aliphatic carbocycles. The molecule has 2 aromatic carbocycles. The Kier molecular flexibility index (Phi) is 10.8. The molecule has 0 aliphatic rings. The summed E-state index contributed by atoms with van der Waals surface area (Å²) in [5, 5.41) is 33.8. The van der Waals surface area contributed by atoms with Gasteiger partial charge in [0.1, 0.15) is 11.0 Å². The van der Waals surface area contributed by atoms with Gasteiger partial charge < -0.3 is 30.8 Å². The third-order valence-electron chi connectivity index (χ3n) is 6.40. The van der Waals surface area contributed by atoms with E-state index in [9.17, 15) is 21.6 Å². The first kappa shape index (κ1) is 35.1. The molecule has 20 heteroatoms. The third-order valence-corrected chi connectivity index (χ3v) is 7.33. The Morgan fingerprint density at radius 3 is 2.33 bits per heavy atom. The van der Waals surface area contributed by atoms with Gasteiger partial charge in [0.15, 0.2) is 29.0 Å². The molecule has 0 saturated heterocycles. The Morgan fingerprint density at radius 1 is 1.10 bits per heavy atom. The first-order chi connectivity index (χ1) is 22.7. The second kappa shape index (κ2) is 14.8. The maximum Gasteiger partial charge on any atom is 0.490 e. The molecule has 8 N–H and O–H groups in total. The lowest BCUT2D eigenvalue weighted by atomic mass is 10.1. The molecule has 0 spiro atoms. The quantitative estimate of drug-likeness (QED) is 0.0699. The number of anilines is 2. The molecule has 0 amide bonds. The van der Waals surface area contributed by atoms with E-state index in [4.69, 9.17) is 40.5 Å². The number of ether oxygens (including phenoxy) is 1. The van der Waals surface area contributed by atoms with E-state index in [2.05, 4.69) is 25.9 Å². The zero-order valence-corrected chi connectivity index (χ0v) is 25.8. The minimum atomic E-state index is -5.08. The first-order valence-corrected chi connectivity index (χ1v) is 15.4. The van der Waals surface area contributed by atoms with Crippen LogP contribution in [-0.4, -0.2) is 69.6 Å². The van der Waals surface area contributed by atoms with E-state index < -0.39 is 22.2 Å². The summed E-state index contributed by atoms with van der Waals surface area (Å²) >= 11 is 0. The van der Waals surface area contributed by atoms with E-state index in [-0.39, 0.29) is 16.7 Å². The number of alkyl halides is 3. The Morgan fingerprint density at radius 2 is 1.77 bits per heavy atom. The SMILES string of the molecule is CCn1c(-c2nonc2N)nc2c(-c3ccccc3)ncc(OCCCNC(=N)Nc3ccc(S(N)(=O)=O)cc3)c21.O=C(O)C(F)(F)F. The van der Waals surface area contributed by atoms with E-state index in [1.165, 1.54) is 24.3 Å². The molecule has 254 valence electrons. The minimum absolute atomic E-state index is 0.00205. The van der Waals surface area contributed by atoms with Crippen molar-refractivity contribution < 1.29 is 40.9 Å². The molecule has 0 atom stereocenters. The van der Waals surface area contributed by atoms with Crippen molar-refractivity contribution in [2.75, 3.05) is 24.2 Å². The van der Waals surface area contributed by atoms with Gasteiger partial charge in [0, 0.05) is 24.3 Å². The highest BCUT2D eigenvalue weighted by molar-refractivity contribution is 7.89. The molecule has 0 unspecified atom stereocenters. The number of aliphatic carboxylic acids is 1. The van der Waals surface area contributed by atoms with Crippen molar-refractivity contribution in [3.05, 3.63) is 60.8 Å². The number of sulfonamides is 1. The summed E-state index contributed by atoms with van der Waals surface area (Å²) in [7, 11) is -3.78. The van der Waals surface area contributed by atoms with Crippen molar-refractivity contribution >= 4 is 44.5 Å². The predicted molar refractivity (Wildman–Crippen MR) is 167 cm³/mol. The van der Waals surface area contributed by atoms with Gasteiger partial charge in [-0.2, -0.15) is 13.2 Å². The number of nitrogens with one attached hydrogen (secondary N) is 3. The number of benzene rings is 2. The average Bonchev–Trinajstić information content (AvgIpc) is 3.64. The monoisotopic (exact) mass is 690 g/mol. The van der Waals surface area contributed by atoms with Gasteiger partial charge in [-0.3, -0.25) is 5.41 Å². The lowest BCUT2D eigenvalue weighted by Crippen LogP contribution is -2.31. The fraction of sp³-hybridized carbons (Fsp3) is 0.214. The molecule has 48 heavy (non-hydrogen) atoms. The highest BCUT2D eigenvalue weighted by atomic mass is 32.2. The number of guanidine groups is 1. The zero-order valence-electron chi connectivity index (χ0n) is 25.0. The Labute approximate surface area is 270 Å². The smallest absolute Gasteiger partial charge is 0.490 e. The second-order valence-electron chi connectivity index (χ2n) is 9.71. The van der Waals surface area contributed by atoms with Crippen LogP contribution >= 0.6 is 0 Å². The number of fused-ring (bicyclic) bond motifs is 1. The normalized spacial score (nSPS) is 11.4. The standard InChI is InChI=1S/C26H28N10O4S.C2HF3O2/c1-2-36-23-19(39-14-6-13-30-26(28)32-17-9-11-18(12-10-17)41(29,37)38)15-31-20(16-7-4-3-5-8-16)21(23)33-25(36)22-24(27)35-40-34-22;3-2(4,5)1(6)7/h3-5,7-12,15H,2,6,13-14H2,1H3,(H2,27,35)(H3,28,30,32)(H2,29,37,38);(H,6,7). The van der Waals surface area contributed by atoms with Gasteiger partial charge in [-0.15, -0.1) is 0 Å². The van der Waals surface area contributed by atoms with Crippen LogP contribution in [0.5, 0.6) is 5.75 Å². The average molecular weight is 691 g/mol. The third kappa shape index (κ3) is 8.53. The summed E-state index contributed by atoms with van der Waals surface area (Å²) < 4.78 is 67.4. The van der Waals surface area contributed by atoms with Crippen LogP contribution in [0.2, 0.25) is 0 Å². The number of hydrogen-bond donors (Lipinski definition) is 6. The number of carboxylic acids is 1. The van der Waals surface area contributed by atoms with E-state index in [0.29, 0.717) is 60.3 Å². The van der Waals surface area contributed by atoms with Gasteiger partial charge in [-0.05, 0) is 47.9 Å². The largest absolute Gasteiger partial charge is 0.490 e. The van der Waals surface area contributed by atoms with Gasteiger partial charge in [0.05, 0.1) is 23.4 Å². The Hall–Kier alpha value is -5.76. The van der Waals surface area contributed by atoms with E-state index >= 15 is 0 Å². The molecule has 0 saturated carbocycles. The van der Waals surface area contributed by atoms with Crippen LogP contribution in [0.25, 0.3) is 33.8 Å². The fourth-order valence-corrected chi connectivity index (χ4v) is 4.76. The highest BCUT2D eigenvalue weighted by Crippen LogP contribution is 2.36. The summed E-state index contributed by atoms with van der Waals surface area (Å²) in [5.74, 6) is -1.54. The summed E-state index contributed by atoms with van der Waals surface area (Å²) in [6.07, 6.45) is -2.83. The van der Waals surface area contributed by atoms with E-state index in [1.807, 2.05) is 41.8 Å². The molecule has 0 bridgehead atoms. The Bertz CT molecular complexity index is 2000. The maximum atomic E-state index is 11.4. The van der Waals surface area contributed by atoms with Crippen molar-refractivity contribution in [2.24, 2.45) is 5.14 Å². The number of carbonyl (C=O) groups is 1. The molecule has 0 fully saturated rings. The van der Waals surface area contributed by atoms with E-state index in [0.717, 1.165) is 11.1 Å². The van der Waals surface area contributed by atoms with Crippen LogP contribution in [0, 0.1) is 5.41 Å². The molecular weight excluding hydrogens is 661 g/mol. The van der Waals surface area contributed by atoms with Gasteiger partial charge in [0.25, 0.3) is 0 Å². The van der Waals surface area contributed by atoms with Crippen LogP contribution in [-0.2, 0) is 21.4 Å². The number of rotatable bonds is 10. The molecular formula is C28H29F3N10O6S. The molecule has 16 nitrogen and oxygen atoms in total. The molecule has 3 aromatic heterocycles. The predicted octanol–water partition coefficient (Wildman–Crippen LogP) is 3.44. The summed E-state index contributed by atoms with van der Waals surface area (Å²) in [4.78, 5) is 18.4. The summed E-state index contributed by atoms with van der Waals surface area (Å²) in [5.41, 5.74) is 9.83. The van der Waals surface area contributed by atoms with E-state index in [1.54, 1.807) is 6.20 Å². The summed E-state index contributed by atoms with van der Waals surface area (Å²) in [6.45, 7) is 3.31. The molecule has 5 rings (SSSR count). The van der Waals surface area contributed by atoms with Gasteiger partial charge in [-0.25, -0.2) is 32.9 Å². The van der Waals surface area contributed by atoms with Crippen LogP contribution < -0.4 is 26.2 Å². The van der Waals surface area contributed by atoms with Crippen LogP contribution in [0.1, 0.15) is 13.3 Å². The molecule has 3 heterocycles. The van der Waals surface area contributed by atoms with Crippen LogP contribution in [0.3, 0.4) is 0 Å². The Balaban J connectivity index is 0.000000671. The topological polar surface area (TPSA) is 250 Å². The van der Waals surface area contributed by atoms with Gasteiger partial charge >= 0.3 is 12.1 Å². The molecule has 5 aromatic rings. The zero-order chi connectivity index (χ0) is 35.1. The highest BCUT2D eigenvalue weighted by Gasteiger charge is 2.38. The summed E-state index contributed by atoms with van der Waals surface area (Å²) in [6, 6.07) is 15.5. The fourth-order valence-electron chi connectivity index (χ4n) is 4.25. The number of nitrogens with two attached hydrogens (primary N) is 2. The second-order valence-corrected chi connectivity index (χ2v) is 11.3. The van der Waals surface area contributed by atoms with Crippen molar-refractivity contribution in [1.29, 1.82) is 5.41 Å². The van der Waals surface area contributed by atoms with Crippen LogP contribution in [0.4, 0.5) is 24.7 Å². The number of nitrogens with zero attached hydrogens (tertiary/aromatic N) is 5. The number of halogens is 3. The van der Waals surface area contributed by atoms with Crippen molar-refractivity contribution in [3.8, 4) is 28.5 Å².